The van der Waals surface area contributed by atoms with Crippen molar-refractivity contribution in [1.29, 1.82) is 0 Å². The number of carboxylic acid groups (broad SMARTS) is 1. The molecule has 1 N–H and O–H groups in total. The fourth-order valence-electron chi connectivity index (χ4n) is 2.22. The van der Waals surface area contributed by atoms with Crippen molar-refractivity contribution in [1.82, 2.24) is 0 Å². The number of carboxylic acids is 1. The Labute approximate surface area is 117 Å². The minimum Gasteiger partial charge on any atom is -0.486 e. The van der Waals surface area contributed by atoms with Gasteiger partial charge in [0.2, 0.25) is 0 Å². The third kappa shape index (κ3) is 2.86. The summed E-state index contributed by atoms with van der Waals surface area (Å²) in [7, 11) is 0. The average Bonchev–Trinajstić information content (AvgIpc) is 2.37. The molecule has 20 heavy (non-hydrogen) atoms. The summed E-state index contributed by atoms with van der Waals surface area (Å²) in [4.78, 5) is 11.2. The number of rotatable bonds is 4. The Kier molecular flexibility index (Phi) is 3.88. The van der Waals surface area contributed by atoms with Gasteiger partial charge in [-0.05, 0) is 50.5 Å². The zero-order valence-electron chi connectivity index (χ0n) is 11.9. The van der Waals surface area contributed by atoms with E-state index in [-0.39, 0.29) is 6.42 Å². The summed E-state index contributed by atoms with van der Waals surface area (Å²) in [5, 5.41) is 9.22. The van der Waals surface area contributed by atoms with Crippen molar-refractivity contribution in [3.05, 3.63) is 23.3 Å². The molecule has 5 heteroatoms. The highest BCUT2D eigenvalue weighted by atomic mass is 19.1. The second-order valence-corrected chi connectivity index (χ2v) is 5.68. The van der Waals surface area contributed by atoms with Crippen LogP contribution in [0.25, 0.3) is 0 Å². The fraction of sp³-hybridized carbons (Fsp3) is 0.533. The average molecular weight is 282 g/mol. The quantitative estimate of drug-likeness (QED) is 0.921. The van der Waals surface area contributed by atoms with Gasteiger partial charge in [-0.15, -0.1) is 0 Å². The number of hydrogen-bond donors (Lipinski definition) is 1. The molecular formula is C15H19FO4. The lowest BCUT2D eigenvalue weighted by molar-refractivity contribution is -0.146. The van der Waals surface area contributed by atoms with Crippen LogP contribution in [-0.4, -0.2) is 24.3 Å². The van der Waals surface area contributed by atoms with Gasteiger partial charge in [-0.3, -0.25) is 4.79 Å². The largest absolute Gasteiger partial charge is 0.486 e. The second-order valence-electron chi connectivity index (χ2n) is 5.68. The summed E-state index contributed by atoms with van der Waals surface area (Å²) < 4.78 is 24.7. The van der Waals surface area contributed by atoms with Gasteiger partial charge in [0, 0.05) is 0 Å². The highest BCUT2D eigenvalue weighted by molar-refractivity contribution is 5.74. The number of halogens is 1. The van der Waals surface area contributed by atoms with Gasteiger partial charge >= 0.3 is 5.97 Å². The summed E-state index contributed by atoms with van der Waals surface area (Å²) in [6, 6.07) is 3.32. The first-order chi connectivity index (χ1) is 9.31. The molecule has 1 aromatic carbocycles. The number of hydrogen-bond acceptors (Lipinski definition) is 3. The Morgan fingerprint density at radius 3 is 2.40 bits per heavy atom. The van der Waals surface area contributed by atoms with Gasteiger partial charge in [-0.1, -0.05) is 0 Å². The SMILES string of the molecule is CC(F)c1cc2c(cc1CC(C)(C)C(=O)O)OCCO2. The maximum atomic E-state index is 13.8. The van der Waals surface area contributed by atoms with E-state index >= 15 is 0 Å². The van der Waals surface area contributed by atoms with Crippen LogP contribution in [-0.2, 0) is 11.2 Å². The Balaban J connectivity index is 2.42. The monoisotopic (exact) mass is 282 g/mol. The van der Waals surface area contributed by atoms with Crippen molar-refractivity contribution in [2.45, 2.75) is 33.4 Å². The van der Waals surface area contributed by atoms with E-state index < -0.39 is 17.6 Å². The first kappa shape index (κ1) is 14.6. The normalized spacial score (nSPS) is 15.8. The molecular weight excluding hydrogens is 263 g/mol. The molecule has 0 bridgehead atoms. The number of benzene rings is 1. The molecule has 2 rings (SSSR count). The lowest BCUT2D eigenvalue weighted by Gasteiger charge is -2.25. The maximum Gasteiger partial charge on any atom is 0.309 e. The molecule has 0 spiro atoms. The van der Waals surface area contributed by atoms with Crippen LogP contribution in [0.1, 0.15) is 38.1 Å². The van der Waals surface area contributed by atoms with Crippen LogP contribution in [0.2, 0.25) is 0 Å². The number of carbonyl (C=O) groups is 1. The van der Waals surface area contributed by atoms with Gasteiger partial charge in [-0.2, -0.15) is 0 Å². The standard InChI is InChI=1S/C15H19FO4/c1-9(16)11-7-13-12(19-4-5-20-13)6-10(11)8-15(2,3)14(17)18/h6-7,9H,4-5,8H2,1-3H3,(H,17,18). The Morgan fingerprint density at radius 2 is 1.90 bits per heavy atom. The van der Waals surface area contributed by atoms with Crippen molar-refractivity contribution in [2.24, 2.45) is 5.41 Å². The van der Waals surface area contributed by atoms with Crippen molar-refractivity contribution in [2.75, 3.05) is 13.2 Å². The van der Waals surface area contributed by atoms with Gasteiger partial charge in [0.25, 0.3) is 0 Å². The Bertz CT molecular complexity index is 523. The highest BCUT2D eigenvalue weighted by Gasteiger charge is 2.30. The lowest BCUT2D eigenvalue weighted by atomic mass is 9.83. The first-order valence-corrected chi connectivity index (χ1v) is 6.61. The predicted molar refractivity (Wildman–Crippen MR) is 72.1 cm³/mol. The van der Waals surface area contributed by atoms with Crippen molar-refractivity contribution in [3.8, 4) is 11.5 Å². The van der Waals surface area contributed by atoms with E-state index in [0.29, 0.717) is 35.8 Å². The molecule has 110 valence electrons. The van der Waals surface area contributed by atoms with Crippen LogP contribution >= 0.6 is 0 Å². The van der Waals surface area contributed by atoms with Crippen molar-refractivity contribution in [3.63, 3.8) is 0 Å². The molecule has 0 aliphatic carbocycles. The molecule has 1 aliphatic heterocycles. The fourth-order valence-corrected chi connectivity index (χ4v) is 2.22. The molecule has 0 saturated heterocycles. The van der Waals surface area contributed by atoms with Crippen LogP contribution in [0.4, 0.5) is 4.39 Å². The first-order valence-electron chi connectivity index (χ1n) is 6.61. The van der Waals surface area contributed by atoms with Gasteiger partial charge in [0.1, 0.15) is 19.4 Å². The number of fused-ring (bicyclic) bond motifs is 1. The second kappa shape index (κ2) is 5.31. The molecule has 4 nitrogen and oxygen atoms in total. The molecule has 1 heterocycles. The number of ether oxygens (including phenoxy) is 2. The molecule has 0 radical (unpaired) electrons. The van der Waals surface area contributed by atoms with E-state index in [1.165, 1.54) is 6.92 Å². The van der Waals surface area contributed by atoms with Crippen LogP contribution < -0.4 is 9.47 Å². The van der Waals surface area contributed by atoms with E-state index in [1.54, 1.807) is 26.0 Å². The molecule has 0 fully saturated rings. The summed E-state index contributed by atoms with van der Waals surface area (Å²) in [6.07, 6.45) is -0.951. The summed E-state index contributed by atoms with van der Waals surface area (Å²) in [6.45, 7) is 5.56. The van der Waals surface area contributed by atoms with E-state index in [0.717, 1.165) is 0 Å². The number of aliphatic carboxylic acids is 1. The van der Waals surface area contributed by atoms with Crippen molar-refractivity contribution >= 4 is 5.97 Å². The van der Waals surface area contributed by atoms with Gasteiger partial charge < -0.3 is 14.6 Å². The summed E-state index contributed by atoms with van der Waals surface area (Å²) in [5.41, 5.74) is 0.146. The third-order valence-corrected chi connectivity index (χ3v) is 3.44. The van der Waals surface area contributed by atoms with Crippen LogP contribution in [0.3, 0.4) is 0 Å². The third-order valence-electron chi connectivity index (χ3n) is 3.44. The van der Waals surface area contributed by atoms with Crippen LogP contribution in [0.15, 0.2) is 12.1 Å². The van der Waals surface area contributed by atoms with E-state index in [9.17, 15) is 14.3 Å². The van der Waals surface area contributed by atoms with E-state index in [4.69, 9.17) is 9.47 Å². The maximum absolute atomic E-state index is 13.8. The van der Waals surface area contributed by atoms with Gasteiger partial charge in [-0.25, -0.2) is 4.39 Å². The Morgan fingerprint density at radius 1 is 1.35 bits per heavy atom. The zero-order chi connectivity index (χ0) is 14.9. The van der Waals surface area contributed by atoms with Gasteiger partial charge in [0.05, 0.1) is 5.41 Å². The minimum absolute atomic E-state index is 0.239. The molecule has 0 saturated carbocycles. The zero-order valence-corrected chi connectivity index (χ0v) is 11.9. The van der Waals surface area contributed by atoms with E-state index in [1.807, 2.05) is 0 Å². The Hall–Kier alpha value is -1.78. The molecule has 0 amide bonds. The molecule has 1 aromatic rings. The molecule has 1 unspecified atom stereocenters. The van der Waals surface area contributed by atoms with E-state index in [2.05, 4.69) is 0 Å². The minimum atomic E-state index is -1.19. The van der Waals surface area contributed by atoms with Crippen LogP contribution in [0.5, 0.6) is 11.5 Å². The van der Waals surface area contributed by atoms with Crippen LogP contribution in [0, 0.1) is 5.41 Å². The number of alkyl halides is 1. The molecule has 1 atom stereocenters. The summed E-state index contributed by atoms with van der Waals surface area (Å²) in [5.74, 6) is 0.161. The smallest absolute Gasteiger partial charge is 0.309 e. The van der Waals surface area contributed by atoms with Crippen molar-refractivity contribution < 1.29 is 23.8 Å². The molecule has 0 aromatic heterocycles. The van der Waals surface area contributed by atoms with Gasteiger partial charge in [0.15, 0.2) is 11.5 Å². The topological polar surface area (TPSA) is 55.8 Å². The summed E-state index contributed by atoms with van der Waals surface area (Å²) >= 11 is 0. The predicted octanol–water partition coefficient (Wildman–Crippen LogP) is 3.14. The molecule has 1 aliphatic rings. The highest BCUT2D eigenvalue weighted by Crippen LogP contribution is 2.38. The lowest BCUT2D eigenvalue weighted by Crippen LogP contribution is -2.27.